The fraction of sp³-hybridized carbons (Fsp3) is 0.192. The Morgan fingerprint density at radius 3 is 2.41 bits per heavy atom. The van der Waals surface area contributed by atoms with Crippen LogP contribution in [0.3, 0.4) is 0 Å². The molecule has 1 atom stereocenters. The van der Waals surface area contributed by atoms with Crippen LogP contribution in [-0.2, 0) is 16.1 Å². The van der Waals surface area contributed by atoms with E-state index in [1.165, 1.54) is 7.11 Å². The number of hydrogen-bond donors (Lipinski definition) is 0. The van der Waals surface area contributed by atoms with Crippen LogP contribution in [-0.4, -0.2) is 35.6 Å². The minimum absolute atomic E-state index is 0.213. The van der Waals surface area contributed by atoms with E-state index < -0.39 is 5.97 Å². The Balaban J connectivity index is 1.60. The number of esters is 1. The lowest BCUT2D eigenvalue weighted by molar-refractivity contribution is 0.0600. The number of carbonyl (C=O) groups is 2. The van der Waals surface area contributed by atoms with E-state index in [2.05, 4.69) is 11.1 Å². The Bertz CT molecular complexity index is 1100. The minimum Gasteiger partial charge on any atom is -0.465 e. The van der Waals surface area contributed by atoms with Crippen LogP contribution < -0.4 is 0 Å². The van der Waals surface area contributed by atoms with Gasteiger partial charge < -0.3 is 9.47 Å². The molecule has 1 aromatic heterocycles. The van der Waals surface area contributed by atoms with E-state index in [1.54, 1.807) is 29.4 Å². The van der Waals surface area contributed by atoms with Crippen molar-refractivity contribution < 1.29 is 19.1 Å². The van der Waals surface area contributed by atoms with Crippen LogP contribution in [0, 0.1) is 0 Å². The zero-order chi connectivity index (χ0) is 22.3. The van der Waals surface area contributed by atoms with Crippen molar-refractivity contribution in [3.05, 3.63) is 107 Å². The van der Waals surface area contributed by atoms with Crippen molar-refractivity contribution in [1.82, 2.24) is 9.88 Å². The van der Waals surface area contributed by atoms with E-state index >= 15 is 0 Å². The van der Waals surface area contributed by atoms with Crippen molar-refractivity contribution >= 4 is 17.6 Å². The summed E-state index contributed by atoms with van der Waals surface area (Å²) in [5.74, 6) is -0.396. The lowest BCUT2D eigenvalue weighted by atomic mass is 9.92. The summed E-state index contributed by atoms with van der Waals surface area (Å²) in [6, 6.07) is 20.3. The van der Waals surface area contributed by atoms with E-state index in [0.717, 1.165) is 22.3 Å². The molecule has 32 heavy (non-hydrogen) atoms. The van der Waals surface area contributed by atoms with Gasteiger partial charge in [-0.05, 0) is 52.9 Å². The highest BCUT2D eigenvalue weighted by molar-refractivity contribution is 5.89. The molecule has 0 N–H and O–H groups in total. The molecule has 0 unspecified atom stereocenters. The number of methoxy groups -OCH3 is 1. The summed E-state index contributed by atoms with van der Waals surface area (Å²) in [7, 11) is 1.35. The van der Waals surface area contributed by atoms with Gasteiger partial charge in [-0.3, -0.25) is 9.88 Å². The van der Waals surface area contributed by atoms with E-state index in [-0.39, 0.29) is 18.7 Å². The molecule has 6 nitrogen and oxygen atoms in total. The zero-order valence-electron chi connectivity index (χ0n) is 17.8. The number of nitrogens with zero attached hydrogens (tertiary/aromatic N) is 2. The van der Waals surface area contributed by atoms with E-state index in [1.807, 2.05) is 54.6 Å². The Labute approximate surface area is 187 Å². The molecular weight excluding hydrogens is 404 g/mol. The molecule has 2 heterocycles. The highest BCUT2D eigenvalue weighted by Gasteiger charge is 2.29. The van der Waals surface area contributed by atoms with Gasteiger partial charge in [-0.2, -0.15) is 0 Å². The molecule has 0 aliphatic carbocycles. The van der Waals surface area contributed by atoms with Gasteiger partial charge in [0.25, 0.3) is 0 Å². The van der Waals surface area contributed by atoms with Crippen LogP contribution in [0.15, 0.2) is 85.2 Å². The third-order valence-electron chi connectivity index (χ3n) is 5.48. The van der Waals surface area contributed by atoms with Crippen molar-refractivity contribution in [2.45, 2.75) is 19.1 Å². The number of aromatic nitrogens is 1. The van der Waals surface area contributed by atoms with Crippen LogP contribution in [0.1, 0.15) is 39.5 Å². The standard InChI is InChI=1S/C26H24N2O4/c1-31-25(29)22-9-7-21(8-10-22)24-17-23(20-11-14-27-15-12-20)13-16-28(24)26(30)32-18-19-5-3-2-4-6-19/h2-12,14-15,17,24H,13,16,18H2,1H3/t24-/m0/s1. The van der Waals surface area contributed by atoms with Gasteiger partial charge in [-0.1, -0.05) is 48.5 Å². The van der Waals surface area contributed by atoms with E-state index in [9.17, 15) is 9.59 Å². The Morgan fingerprint density at radius 2 is 1.72 bits per heavy atom. The molecule has 1 amide bonds. The van der Waals surface area contributed by atoms with Gasteiger partial charge in [0.2, 0.25) is 0 Å². The number of pyridine rings is 1. The molecular formula is C26H24N2O4. The quantitative estimate of drug-likeness (QED) is 0.533. The molecule has 0 radical (unpaired) electrons. The Morgan fingerprint density at radius 1 is 1.00 bits per heavy atom. The summed E-state index contributed by atoms with van der Waals surface area (Å²) in [5, 5.41) is 0. The maximum atomic E-state index is 13.0. The topological polar surface area (TPSA) is 68.7 Å². The van der Waals surface area contributed by atoms with Gasteiger partial charge in [0.15, 0.2) is 0 Å². The summed E-state index contributed by atoms with van der Waals surface area (Å²) in [4.78, 5) is 30.6. The average Bonchev–Trinajstić information content (AvgIpc) is 2.87. The molecule has 1 aliphatic heterocycles. The summed E-state index contributed by atoms with van der Waals surface area (Å²) in [6.45, 7) is 0.732. The highest BCUT2D eigenvalue weighted by atomic mass is 16.6. The van der Waals surface area contributed by atoms with E-state index in [4.69, 9.17) is 9.47 Å². The van der Waals surface area contributed by atoms with Crippen LogP contribution in [0.5, 0.6) is 0 Å². The normalized spacial score (nSPS) is 15.6. The van der Waals surface area contributed by atoms with Gasteiger partial charge in [0.1, 0.15) is 6.61 Å². The van der Waals surface area contributed by atoms with Crippen LogP contribution in [0.2, 0.25) is 0 Å². The Hall–Kier alpha value is -3.93. The molecule has 0 spiro atoms. The summed E-state index contributed by atoms with van der Waals surface area (Å²) < 4.78 is 10.4. The van der Waals surface area contributed by atoms with Crippen molar-refractivity contribution in [2.75, 3.05) is 13.7 Å². The number of benzene rings is 2. The fourth-order valence-electron chi connectivity index (χ4n) is 3.77. The first-order valence-electron chi connectivity index (χ1n) is 10.4. The fourth-order valence-corrected chi connectivity index (χ4v) is 3.77. The molecule has 0 fully saturated rings. The third-order valence-corrected chi connectivity index (χ3v) is 5.48. The SMILES string of the molecule is COC(=O)c1ccc([C@@H]2C=C(c3ccncc3)CCN2C(=O)OCc2ccccc2)cc1. The van der Waals surface area contributed by atoms with Gasteiger partial charge in [0.05, 0.1) is 18.7 Å². The van der Waals surface area contributed by atoms with Crippen molar-refractivity contribution in [1.29, 1.82) is 0 Å². The number of carbonyl (C=O) groups excluding carboxylic acids is 2. The van der Waals surface area contributed by atoms with Crippen molar-refractivity contribution in [3.8, 4) is 0 Å². The van der Waals surface area contributed by atoms with Gasteiger partial charge in [0, 0.05) is 18.9 Å². The number of ether oxygens (including phenoxy) is 2. The predicted octanol–water partition coefficient (Wildman–Crippen LogP) is 5.04. The summed E-state index contributed by atoms with van der Waals surface area (Å²) in [6.07, 6.45) is 5.94. The molecule has 0 saturated heterocycles. The van der Waals surface area contributed by atoms with E-state index in [0.29, 0.717) is 18.5 Å². The second-order valence-corrected chi connectivity index (χ2v) is 7.47. The van der Waals surface area contributed by atoms with Crippen LogP contribution in [0.25, 0.3) is 5.57 Å². The number of amides is 1. The maximum absolute atomic E-state index is 13.0. The lowest BCUT2D eigenvalue weighted by Crippen LogP contribution is -2.37. The largest absolute Gasteiger partial charge is 0.465 e. The van der Waals surface area contributed by atoms with Crippen LogP contribution in [0.4, 0.5) is 4.79 Å². The first-order valence-corrected chi connectivity index (χ1v) is 10.4. The monoisotopic (exact) mass is 428 g/mol. The lowest BCUT2D eigenvalue weighted by Gasteiger charge is -2.34. The third kappa shape index (κ3) is 4.86. The zero-order valence-corrected chi connectivity index (χ0v) is 17.8. The van der Waals surface area contributed by atoms with Gasteiger partial charge >= 0.3 is 12.1 Å². The molecule has 4 rings (SSSR count). The molecule has 1 aliphatic rings. The van der Waals surface area contributed by atoms with Crippen LogP contribution >= 0.6 is 0 Å². The maximum Gasteiger partial charge on any atom is 0.410 e. The second kappa shape index (κ2) is 9.92. The summed E-state index contributed by atoms with van der Waals surface area (Å²) in [5.41, 5.74) is 4.50. The van der Waals surface area contributed by atoms with Crippen molar-refractivity contribution in [2.24, 2.45) is 0 Å². The molecule has 6 heteroatoms. The van der Waals surface area contributed by atoms with Crippen molar-refractivity contribution in [3.63, 3.8) is 0 Å². The first-order chi connectivity index (χ1) is 15.7. The molecule has 162 valence electrons. The average molecular weight is 428 g/mol. The predicted molar refractivity (Wildman–Crippen MR) is 121 cm³/mol. The molecule has 2 aromatic carbocycles. The first kappa shape index (κ1) is 21.3. The summed E-state index contributed by atoms with van der Waals surface area (Å²) >= 11 is 0. The molecule has 0 bridgehead atoms. The Kier molecular flexibility index (Phi) is 6.60. The number of rotatable bonds is 5. The van der Waals surface area contributed by atoms with Gasteiger partial charge in [-0.25, -0.2) is 9.59 Å². The second-order valence-electron chi connectivity index (χ2n) is 7.47. The smallest absolute Gasteiger partial charge is 0.410 e. The molecule has 0 saturated carbocycles. The minimum atomic E-state index is -0.396. The molecule has 3 aromatic rings. The van der Waals surface area contributed by atoms with Gasteiger partial charge in [-0.15, -0.1) is 0 Å². The highest BCUT2D eigenvalue weighted by Crippen LogP contribution is 2.34. The number of hydrogen-bond acceptors (Lipinski definition) is 5.